The zero-order valence-electron chi connectivity index (χ0n) is 16.7. The number of amides is 1. The van der Waals surface area contributed by atoms with Gasteiger partial charge < -0.3 is 20.9 Å². The molecule has 3 atom stereocenters. The number of alkyl carbamates (subject to hydrolysis) is 1. The molecule has 158 valence electrons. The van der Waals surface area contributed by atoms with Gasteiger partial charge in [0.05, 0.1) is 16.5 Å². The average molecular weight is 426 g/mol. The fourth-order valence-corrected chi connectivity index (χ4v) is 3.74. The molecular formula is C23H27N3O3S. The Labute approximate surface area is 180 Å². The van der Waals surface area contributed by atoms with Crippen LogP contribution in [0.15, 0.2) is 72.4 Å². The summed E-state index contributed by atoms with van der Waals surface area (Å²) in [4.78, 5) is 17.2. The lowest BCUT2D eigenvalue weighted by molar-refractivity contribution is 0.110. The van der Waals surface area contributed by atoms with E-state index in [2.05, 4.69) is 10.3 Å². The van der Waals surface area contributed by atoms with E-state index in [1.54, 1.807) is 11.7 Å². The van der Waals surface area contributed by atoms with Gasteiger partial charge in [-0.1, -0.05) is 60.7 Å². The van der Waals surface area contributed by atoms with E-state index < -0.39 is 18.2 Å². The van der Waals surface area contributed by atoms with Crippen molar-refractivity contribution in [2.45, 2.75) is 44.1 Å². The first-order chi connectivity index (χ1) is 14.6. The summed E-state index contributed by atoms with van der Waals surface area (Å²) in [6, 6.07) is 18.9. The molecule has 1 amide bonds. The molecule has 1 aromatic heterocycles. The number of aromatic nitrogens is 1. The largest absolute Gasteiger partial charge is 0.444 e. The number of thiazole rings is 1. The Morgan fingerprint density at radius 3 is 2.30 bits per heavy atom. The van der Waals surface area contributed by atoms with E-state index in [1.165, 1.54) is 11.3 Å². The third-order valence-electron chi connectivity index (χ3n) is 4.81. The predicted molar refractivity (Wildman–Crippen MR) is 118 cm³/mol. The van der Waals surface area contributed by atoms with Crippen LogP contribution in [0.3, 0.4) is 0 Å². The maximum absolute atomic E-state index is 12.3. The first-order valence-corrected chi connectivity index (χ1v) is 10.8. The summed E-state index contributed by atoms with van der Waals surface area (Å²) in [5, 5.41) is 13.6. The van der Waals surface area contributed by atoms with Crippen molar-refractivity contribution in [1.82, 2.24) is 10.3 Å². The van der Waals surface area contributed by atoms with Crippen LogP contribution in [-0.2, 0) is 24.2 Å². The standard InChI is InChI=1S/C23H27N3O3S/c24-21(12-18-9-5-2-6-10-18)22(27)13-19(11-17-7-3-1-4-8-17)26-23(28)29-15-20-14-25-16-30-20/h1-10,14,16,19,21-22,27H,11-13,15,24H2,(H,26,28). The maximum Gasteiger partial charge on any atom is 0.407 e. The fourth-order valence-electron chi connectivity index (χ4n) is 3.24. The van der Waals surface area contributed by atoms with Crippen molar-refractivity contribution in [2.75, 3.05) is 0 Å². The Morgan fingerprint density at radius 1 is 1.07 bits per heavy atom. The first-order valence-electron chi connectivity index (χ1n) is 9.92. The van der Waals surface area contributed by atoms with Crippen molar-refractivity contribution in [2.24, 2.45) is 5.73 Å². The van der Waals surface area contributed by atoms with Crippen LogP contribution in [0.5, 0.6) is 0 Å². The monoisotopic (exact) mass is 425 g/mol. The second kappa shape index (κ2) is 11.4. The maximum atomic E-state index is 12.3. The fraction of sp³-hybridized carbons (Fsp3) is 0.304. The molecule has 0 aliphatic heterocycles. The summed E-state index contributed by atoms with van der Waals surface area (Å²) in [5.74, 6) is 0. The number of benzene rings is 2. The molecule has 3 unspecified atom stereocenters. The summed E-state index contributed by atoms with van der Waals surface area (Å²) in [6.07, 6.45) is 1.86. The van der Waals surface area contributed by atoms with E-state index >= 15 is 0 Å². The molecule has 0 saturated heterocycles. The van der Waals surface area contributed by atoms with Crippen molar-refractivity contribution in [3.8, 4) is 0 Å². The second-order valence-electron chi connectivity index (χ2n) is 7.23. The van der Waals surface area contributed by atoms with Gasteiger partial charge in [-0.25, -0.2) is 4.79 Å². The molecule has 0 bridgehead atoms. The number of hydrogen-bond acceptors (Lipinski definition) is 6. The van der Waals surface area contributed by atoms with Crippen LogP contribution < -0.4 is 11.1 Å². The number of nitrogens with two attached hydrogens (primary N) is 1. The van der Waals surface area contributed by atoms with Crippen LogP contribution in [0.25, 0.3) is 0 Å². The smallest absolute Gasteiger partial charge is 0.407 e. The highest BCUT2D eigenvalue weighted by Crippen LogP contribution is 2.13. The lowest BCUT2D eigenvalue weighted by Crippen LogP contribution is -2.44. The molecule has 2 aromatic carbocycles. The van der Waals surface area contributed by atoms with Gasteiger partial charge >= 0.3 is 6.09 Å². The van der Waals surface area contributed by atoms with Gasteiger partial charge in [0.15, 0.2) is 0 Å². The average Bonchev–Trinajstić information content (AvgIpc) is 3.27. The third kappa shape index (κ3) is 7.26. The molecule has 0 aliphatic rings. The first kappa shape index (κ1) is 22.0. The van der Waals surface area contributed by atoms with Gasteiger partial charge in [0.1, 0.15) is 6.61 Å². The minimum absolute atomic E-state index is 0.171. The zero-order chi connectivity index (χ0) is 21.2. The van der Waals surface area contributed by atoms with E-state index in [0.717, 1.165) is 16.0 Å². The van der Waals surface area contributed by atoms with Gasteiger partial charge in [0.2, 0.25) is 0 Å². The van der Waals surface area contributed by atoms with Gasteiger partial charge in [-0.2, -0.15) is 0 Å². The minimum Gasteiger partial charge on any atom is -0.444 e. The van der Waals surface area contributed by atoms with E-state index in [9.17, 15) is 9.90 Å². The highest BCUT2D eigenvalue weighted by atomic mass is 32.1. The van der Waals surface area contributed by atoms with Crippen molar-refractivity contribution >= 4 is 17.4 Å². The summed E-state index contributed by atoms with van der Waals surface area (Å²) in [7, 11) is 0. The number of carbonyl (C=O) groups excluding carboxylic acids is 1. The van der Waals surface area contributed by atoms with E-state index in [0.29, 0.717) is 19.3 Å². The Kier molecular flexibility index (Phi) is 8.38. The molecule has 0 saturated carbocycles. The van der Waals surface area contributed by atoms with Crippen molar-refractivity contribution in [1.29, 1.82) is 0 Å². The summed E-state index contributed by atoms with van der Waals surface area (Å²) >= 11 is 1.43. The minimum atomic E-state index is -0.763. The predicted octanol–water partition coefficient (Wildman–Crippen LogP) is 3.30. The Hall–Kier alpha value is -2.74. The van der Waals surface area contributed by atoms with Gasteiger partial charge in [0, 0.05) is 18.3 Å². The van der Waals surface area contributed by atoms with Crippen molar-refractivity contribution in [3.63, 3.8) is 0 Å². The Bertz CT molecular complexity index is 875. The molecule has 3 rings (SSSR count). The molecule has 4 N–H and O–H groups in total. The van der Waals surface area contributed by atoms with Crippen molar-refractivity contribution < 1.29 is 14.6 Å². The molecule has 0 spiro atoms. The van der Waals surface area contributed by atoms with Crippen molar-refractivity contribution in [3.05, 3.63) is 88.4 Å². The zero-order valence-corrected chi connectivity index (χ0v) is 17.5. The van der Waals surface area contributed by atoms with Crippen LogP contribution in [0.2, 0.25) is 0 Å². The number of rotatable bonds is 10. The number of aliphatic hydroxyl groups is 1. The Balaban J connectivity index is 1.58. The van der Waals surface area contributed by atoms with Gasteiger partial charge in [-0.05, 0) is 30.4 Å². The quantitative estimate of drug-likeness (QED) is 0.463. The number of hydrogen-bond donors (Lipinski definition) is 3. The topological polar surface area (TPSA) is 97.5 Å². The van der Waals surface area contributed by atoms with Gasteiger partial charge in [0.25, 0.3) is 0 Å². The highest BCUT2D eigenvalue weighted by molar-refractivity contribution is 7.09. The molecule has 7 heteroatoms. The molecule has 0 aliphatic carbocycles. The molecule has 0 fully saturated rings. The number of nitrogens with zero attached hydrogens (tertiary/aromatic N) is 1. The van der Waals surface area contributed by atoms with Crippen LogP contribution >= 0.6 is 11.3 Å². The third-order valence-corrected chi connectivity index (χ3v) is 5.56. The van der Waals surface area contributed by atoms with Crippen LogP contribution in [0.1, 0.15) is 22.4 Å². The second-order valence-corrected chi connectivity index (χ2v) is 8.20. The molecule has 1 heterocycles. The SMILES string of the molecule is NC(Cc1ccccc1)C(O)CC(Cc1ccccc1)NC(=O)OCc1cncs1. The normalized spacial score (nSPS) is 13.9. The molecule has 0 radical (unpaired) electrons. The number of aliphatic hydroxyl groups excluding tert-OH is 1. The van der Waals surface area contributed by atoms with Crippen LogP contribution in [0.4, 0.5) is 4.79 Å². The number of carbonyl (C=O) groups is 1. The van der Waals surface area contributed by atoms with Gasteiger partial charge in [-0.15, -0.1) is 11.3 Å². The van der Waals surface area contributed by atoms with Crippen LogP contribution in [-0.4, -0.2) is 34.4 Å². The highest BCUT2D eigenvalue weighted by Gasteiger charge is 2.23. The summed E-state index contributed by atoms with van der Waals surface area (Å²) < 4.78 is 5.30. The lowest BCUT2D eigenvalue weighted by Gasteiger charge is -2.25. The van der Waals surface area contributed by atoms with E-state index in [1.807, 2.05) is 60.7 Å². The van der Waals surface area contributed by atoms with Gasteiger partial charge in [-0.3, -0.25) is 4.98 Å². The summed E-state index contributed by atoms with van der Waals surface area (Å²) in [5.41, 5.74) is 10.1. The number of nitrogens with one attached hydrogen (secondary N) is 1. The lowest BCUT2D eigenvalue weighted by atomic mass is 9.94. The number of ether oxygens (including phenoxy) is 1. The van der Waals surface area contributed by atoms with E-state index in [-0.39, 0.29) is 12.6 Å². The molecule has 30 heavy (non-hydrogen) atoms. The Morgan fingerprint density at radius 2 is 1.70 bits per heavy atom. The molecule has 6 nitrogen and oxygen atoms in total. The molecular weight excluding hydrogens is 398 g/mol. The summed E-state index contributed by atoms with van der Waals surface area (Å²) in [6.45, 7) is 0.171. The van der Waals surface area contributed by atoms with Crippen LogP contribution in [0, 0.1) is 0 Å². The molecule has 3 aromatic rings. The van der Waals surface area contributed by atoms with E-state index in [4.69, 9.17) is 10.5 Å².